The quantitative estimate of drug-likeness (QED) is 0.790. The van der Waals surface area contributed by atoms with E-state index in [-0.39, 0.29) is 5.41 Å². The van der Waals surface area contributed by atoms with Crippen molar-refractivity contribution in [1.29, 1.82) is 0 Å². The van der Waals surface area contributed by atoms with Crippen molar-refractivity contribution in [1.82, 2.24) is 10.6 Å². The zero-order valence-electron chi connectivity index (χ0n) is 11.2. The number of carbonyl (C=O) groups is 1. The Hall–Kier alpha value is -0.570. The van der Waals surface area contributed by atoms with Crippen molar-refractivity contribution in [2.45, 2.75) is 58.4 Å². The van der Waals surface area contributed by atoms with Gasteiger partial charge in [0.05, 0.1) is 5.41 Å². The van der Waals surface area contributed by atoms with Gasteiger partial charge in [0.15, 0.2) is 0 Å². The molecule has 3 nitrogen and oxygen atoms in total. The van der Waals surface area contributed by atoms with Crippen LogP contribution in [0.5, 0.6) is 0 Å². The predicted molar refractivity (Wildman–Crippen MR) is 69.8 cm³/mol. The summed E-state index contributed by atoms with van der Waals surface area (Å²) in [5.41, 5.74) is -0.124. The van der Waals surface area contributed by atoms with E-state index in [9.17, 15) is 4.79 Å². The number of carbonyl (C=O) groups excluding carboxylic acids is 1. The first-order valence-electron chi connectivity index (χ1n) is 7.18. The van der Waals surface area contributed by atoms with Gasteiger partial charge in [-0.2, -0.15) is 0 Å². The van der Waals surface area contributed by atoms with Crippen molar-refractivity contribution in [2.24, 2.45) is 11.3 Å². The lowest BCUT2D eigenvalue weighted by molar-refractivity contribution is -0.131. The van der Waals surface area contributed by atoms with Crippen molar-refractivity contribution < 1.29 is 4.79 Å². The summed E-state index contributed by atoms with van der Waals surface area (Å²) in [4.78, 5) is 12.4. The molecule has 0 aromatic rings. The summed E-state index contributed by atoms with van der Waals surface area (Å²) < 4.78 is 0. The van der Waals surface area contributed by atoms with E-state index in [1.165, 1.54) is 25.7 Å². The second-order valence-corrected chi connectivity index (χ2v) is 6.00. The van der Waals surface area contributed by atoms with Crippen LogP contribution in [0.2, 0.25) is 0 Å². The Morgan fingerprint density at radius 2 is 2.29 bits per heavy atom. The topological polar surface area (TPSA) is 41.1 Å². The Morgan fingerprint density at radius 1 is 1.47 bits per heavy atom. The van der Waals surface area contributed by atoms with Gasteiger partial charge in [0, 0.05) is 12.6 Å². The van der Waals surface area contributed by atoms with E-state index in [4.69, 9.17) is 0 Å². The average Bonchev–Trinajstić information content (AvgIpc) is 2.78. The number of hydrogen-bond donors (Lipinski definition) is 2. The van der Waals surface area contributed by atoms with Crippen LogP contribution in [0.3, 0.4) is 0 Å². The van der Waals surface area contributed by atoms with Gasteiger partial charge in [0.25, 0.3) is 0 Å². The highest BCUT2D eigenvalue weighted by molar-refractivity contribution is 5.83. The van der Waals surface area contributed by atoms with Gasteiger partial charge in [-0.15, -0.1) is 0 Å². The lowest BCUT2D eigenvalue weighted by Gasteiger charge is -2.32. The molecule has 2 aliphatic rings. The zero-order chi connectivity index (χ0) is 12.3. The summed E-state index contributed by atoms with van der Waals surface area (Å²) in [6.07, 6.45) is 6.88. The van der Waals surface area contributed by atoms with Crippen LogP contribution in [0.25, 0.3) is 0 Å². The maximum absolute atomic E-state index is 12.4. The summed E-state index contributed by atoms with van der Waals surface area (Å²) in [5.74, 6) is 1.07. The van der Waals surface area contributed by atoms with Crippen LogP contribution >= 0.6 is 0 Å². The van der Waals surface area contributed by atoms with Crippen LogP contribution in [0.15, 0.2) is 0 Å². The third kappa shape index (κ3) is 2.82. The van der Waals surface area contributed by atoms with Crippen molar-refractivity contribution in [3.05, 3.63) is 0 Å². The Bertz CT molecular complexity index is 271. The van der Waals surface area contributed by atoms with Crippen LogP contribution in [0.1, 0.15) is 52.4 Å². The van der Waals surface area contributed by atoms with Crippen LogP contribution in [0.4, 0.5) is 0 Å². The molecule has 0 aromatic heterocycles. The Labute approximate surface area is 105 Å². The lowest BCUT2D eigenvalue weighted by Crippen LogP contribution is -2.47. The molecule has 2 fully saturated rings. The second kappa shape index (κ2) is 5.38. The molecule has 1 saturated carbocycles. The SMILES string of the molecule is CCC1(C(=O)NC2CCCC(C)C2)CCNC1. The first kappa shape index (κ1) is 12.9. The third-order valence-corrected chi connectivity index (χ3v) is 4.67. The fourth-order valence-electron chi connectivity index (χ4n) is 3.30. The van der Waals surface area contributed by atoms with Crippen molar-refractivity contribution in [3.63, 3.8) is 0 Å². The fourth-order valence-corrected chi connectivity index (χ4v) is 3.30. The smallest absolute Gasteiger partial charge is 0.227 e. The van der Waals surface area contributed by atoms with E-state index in [2.05, 4.69) is 24.5 Å². The lowest BCUT2D eigenvalue weighted by atomic mass is 9.81. The molecule has 2 rings (SSSR count). The van der Waals surface area contributed by atoms with E-state index in [1.54, 1.807) is 0 Å². The summed E-state index contributed by atoms with van der Waals surface area (Å²) in [5, 5.41) is 6.63. The fraction of sp³-hybridized carbons (Fsp3) is 0.929. The maximum atomic E-state index is 12.4. The Kier molecular flexibility index (Phi) is 4.08. The normalized spacial score (nSPS) is 38.0. The molecule has 2 N–H and O–H groups in total. The molecule has 1 amide bonds. The molecule has 17 heavy (non-hydrogen) atoms. The van der Waals surface area contributed by atoms with Gasteiger partial charge < -0.3 is 10.6 Å². The van der Waals surface area contributed by atoms with Crippen LogP contribution < -0.4 is 10.6 Å². The second-order valence-electron chi connectivity index (χ2n) is 6.00. The number of rotatable bonds is 3. The minimum Gasteiger partial charge on any atom is -0.353 e. The highest BCUT2D eigenvalue weighted by Crippen LogP contribution is 2.31. The van der Waals surface area contributed by atoms with Gasteiger partial charge in [0.2, 0.25) is 5.91 Å². The first-order valence-corrected chi connectivity index (χ1v) is 7.18. The summed E-state index contributed by atoms with van der Waals surface area (Å²) in [6.45, 7) is 6.28. The molecule has 1 saturated heterocycles. The average molecular weight is 238 g/mol. The maximum Gasteiger partial charge on any atom is 0.227 e. The highest BCUT2D eigenvalue weighted by Gasteiger charge is 2.40. The summed E-state index contributed by atoms with van der Waals surface area (Å²) >= 11 is 0. The first-order chi connectivity index (χ1) is 8.16. The van der Waals surface area contributed by atoms with Crippen LogP contribution in [-0.4, -0.2) is 25.0 Å². The molecule has 0 radical (unpaired) electrons. The molecule has 98 valence electrons. The molecule has 3 atom stereocenters. The molecule has 0 aromatic carbocycles. The summed E-state index contributed by atoms with van der Waals surface area (Å²) in [6, 6.07) is 0.426. The molecule has 1 aliphatic heterocycles. The minimum atomic E-state index is -0.124. The standard InChI is InChI=1S/C14H26N2O/c1-3-14(7-8-15-10-14)13(17)16-12-6-4-5-11(2)9-12/h11-12,15H,3-10H2,1-2H3,(H,16,17). The molecular formula is C14H26N2O. The van der Waals surface area contributed by atoms with E-state index in [0.717, 1.165) is 31.8 Å². The van der Waals surface area contributed by atoms with Crippen molar-refractivity contribution in [2.75, 3.05) is 13.1 Å². The molecule has 1 heterocycles. The minimum absolute atomic E-state index is 0.124. The van der Waals surface area contributed by atoms with Gasteiger partial charge in [-0.1, -0.05) is 26.7 Å². The van der Waals surface area contributed by atoms with Gasteiger partial charge in [-0.05, 0) is 38.1 Å². The van der Waals surface area contributed by atoms with E-state index < -0.39 is 0 Å². The Balaban J connectivity index is 1.91. The third-order valence-electron chi connectivity index (χ3n) is 4.67. The molecule has 3 unspecified atom stereocenters. The van der Waals surface area contributed by atoms with Crippen molar-refractivity contribution >= 4 is 5.91 Å². The van der Waals surface area contributed by atoms with Gasteiger partial charge in [0.1, 0.15) is 0 Å². The van der Waals surface area contributed by atoms with Gasteiger partial charge in [-0.3, -0.25) is 4.79 Å². The van der Waals surface area contributed by atoms with E-state index >= 15 is 0 Å². The predicted octanol–water partition coefficient (Wildman–Crippen LogP) is 2.07. The number of hydrogen-bond acceptors (Lipinski definition) is 2. The van der Waals surface area contributed by atoms with E-state index in [0.29, 0.717) is 11.9 Å². The largest absolute Gasteiger partial charge is 0.353 e. The van der Waals surface area contributed by atoms with Crippen LogP contribution in [0, 0.1) is 11.3 Å². The van der Waals surface area contributed by atoms with Crippen LogP contribution in [-0.2, 0) is 4.79 Å². The van der Waals surface area contributed by atoms with Gasteiger partial charge >= 0.3 is 0 Å². The number of nitrogens with one attached hydrogen (secondary N) is 2. The van der Waals surface area contributed by atoms with E-state index in [1.807, 2.05) is 0 Å². The zero-order valence-corrected chi connectivity index (χ0v) is 11.2. The van der Waals surface area contributed by atoms with Crippen molar-refractivity contribution in [3.8, 4) is 0 Å². The molecule has 3 heteroatoms. The Morgan fingerprint density at radius 3 is 2.88 bits per heavy atom. The molecular weight excluding hydrogens is 212 g/mol. The van der Waals surface area contributed by atoms with Gasteiger partial charge in [-0.25, -0.2) is 0 Å². The molecule has 1 aliphatic carbocycles. The molecule has 0 bridgehead atoms. The highest BCUT2D eigenvalue weighted by atomic mass is 16.2. The number of amides is 1. The molecule has 0 spiro atoms. The monoisotopic (exact) mass is 238 g/mol. The summed E-state index contributed by atoms with van der Waals surface area (Å²) in [7, 11) is 0.